The van der Waals surface area contributed by atoms with E-state index in [4.69, 9.17) is 4.79 Å². The number of carbonyl (C=O) groups is 1. The smallest absolute Gasteiger partial charge is 0.292 e. The predicted molar refractivity (Wildman–Crippen MR) is 54.9 cm³/mol. The lowest BCUT2D eigenvalue weighted by molar-refractivity contribution is -0.126. The zero-order valence-electron chi connectivity index (χ0n) is 8.63. The van der Waals surface area contributed by atoms with Crippen LogP contribution in [0.15, 0.2) is 18.2 Å². The van der Waals surface area contributed by atoms with Crippen LogP contribution in [0.2, 0.25) is 0 Å². The van der Waals surface area contributed by atoms with Crippen molar-refractivity contribution in [2.75, 3.05) is 13.7 Å². The summed E-state index contributed by atoms with van der Waals surface area (Å²) in [6, 6.07) is 5.02. The molecule has 4 heteroatoms. The second kappa shape index (κ2) is 6.14. The van der Waals surface area contributed by atoms with Gasteiger partial charge >= 0.3 is 0 Å². The molecule has 3 nitrogen and oxygen atoms in total. The van der Waals surface area contributed by atoms with Crippen molar-refractivity contribution in [3.63, 3.8) is 0 Å². The highest BCUT2D eigenvalue weighted by Gasteiger charge is 2.07. The molecular weight excluding hydrogens is 197 g/mol. The van der Waals surface area contributed by atoms with Crippen LogP contribution in [0.5, 0.6) is 0 Å². The molecular formula is C11H14FNO2. The summed E-state index contributed by atoms with van der Waals surface area (Å²) in [6.45, 7) is 2.20. The standard InChI is InChI=1S/C9H10FN.C2H4O2/c10-9-2-1-7-3-4-11-6-8(7)5-9;1-4-2-3/h1-2,5,11H,3-4,6H2;2H,1H3. The van der Waals surface area contributed by atoms with Crippen molar-refractivity contribution in [3.05, 3.63) is 35.1 Å². The molecule has 0 saturated heterocycles. The van der Waals surface area contributed by atoms with Crippen LogP contribution in [-0.4, -0.2) is 20.1 Å². The van der Waals surface area contributed by atoms with Gasteiger partial charge < -0.3 is 10.1 Å². The molecule has 0 amide bonds. The normalized spacial score (nSPS) is 13.2. The highest BCUT2D eigenvalue weighted by Crippen LogP contribution is 2.14. The Morgan fingerprint density at radius 3 is 2.87 bits per heavy atom. The van der Waals surface area contributed by atoms with Gasteiger partial charge in [-0.05, 0) is 36.2 Å². The number of hydrogen-bond acceptors (Lipinski definition) is 3. The Morgan fingerprint density at radius 2 is 2.20 bits per heavy atom. The molecule has 1 aliphatic rings. The minimum Gasteiger partial charge on any atom is -0.471 e. The first-order chi connectivity index (χ1) is 7.27. The van der Waals surface area contributed by atoms with E-state index in [0.717, 1.165) is 25.1 Å². The van der Waals surface area contributed by atoms with Gasteiger partial charge in [0.25, 0.3) is 6.47 Å². The number of methoxy groups -OCH3 is 1. The summed E-state index contributed by atoms with van der Waals surface area (Å²) in [5.74, 6) is -0.132. The monoisotopic (exact) mass is 211 g/mol. The van der Waals surface area contributed by atoms with Crippen molar-refractivity contribution < 1.29 is 13.9 Å². The lowest BCUT2D eigenvalue weighted by atomic mass is 10.0. The molecule has 0 fully saturated rings. The second-order valence-corrected chi connectivity index (χ2v) is 3.17. The predicted octanol–water partition coefficient (Wildman–Crippen LogP) is 1.26. The molecule has 0 unspecified atom stereocenters. The van der Waals surface area contributed by atoms with Crippen molar-refractivity contribution >= 4 is 6.47 Å². The minimum atomic E-state index is -0.132. The lowest BCUT2D eigenvalue weighted by Crippen LogP contribution is -2.23. The average Bonchev–Trinajstić information content (AvgIpc) is 2.29. The number of hydrogen-bond donors (Lipinski definition) is 1. The summed E-state index contributed by atoms with van der Waals surface area (Å²) in [4.78, 5) is 8.95. The summed E-state index contributed by atoms with van der Waals surface area (Å²) in [6.07, 6.45) is 1.02. The fourth-order valence-corrected chi connectivity index (χ4v) is 1.45. The van der Waals surface area contributed by atoms with Gasteiger partial charge in [0, 0.05) is 6.54 Å². The molecule has 82 valence electrons. The van der Waals surface area contributed by atoms with Gasteiger partial charge in [-0.3, -0.25) is 4.79 Å². The van der Waals surface area contributed by atoms with E-state index in [2.05, 4.69) is 10.1 Å². The maximum absolute atomic E-state index is 12.7. The Balaban J connectivity index is 0.000000245. The van der Waals surface area contributed by atoms with Crippen LogP contribution in [0.1, 0.15) is 11.1 Å². The molecule has 0 saturated carbocycles. The Hall–Kier alpha value is -1.42. The molecule has 2 rings (SSSR count). The van der Waals surface area contributed by atoms with Crippen molar-refractivity contribution in [2.45, 2.75) is 13.0 Å². The first kappa shape index (κ1) is 11.7. The molecule has 1 aromatic carbocycles. The van der Waals surface area contributed by atoms with Gasteiger partial charge in [0.15, 0.2) is 0 Å². The van der Waals surface area contributed by atoms with Crippen LogP contribution >= 0.6 is 0 Å². The molecule has 1 aromatic rings. The molecule has 1 N–H and O–H groups in total. The third-order valence-electron chi connectivity index (χ3n) is 2.15. The van der Waals surface area contributed by atoms with E-state index in [1.54, 1.807) is 6.07 Å². The fraction of sp³-hybridized carbons (Fsp3) is 0.364. The van der Waals surface area contributed by atoms with Gasteiger partial charge in [0.05, 0.1) is 7.11 Å². The van der Waals surface area contributed by atoms with Crippen LogP contribution in [0, 0.1) is 5.82 Å². The second-order valence-electron chi connectivity index (χ2n) is 3.17. The highest BCUT2D eigenvalue weighted by molar-refractivity contribution is 5.36. The van der Waals surface area contributed by atoms with Crippen molar-refractivity contribution in [3.8, 4) is 0 Å². The summed E-state index contributed by atoms with van der Waals surface area (Å²) in [5, 5.41) is 3.20. The van der Waals surface area contributed by atoms with Crippen molar-refractivity contribution in [1.29, 1.82) is 0 Å². The molecule has 15 heavy (non-hydrogen) atoms. The maximum atomic E-state index is 12.7. The topological polar surface area (TPSA) is 38.3 Å². The fourth-order valence-electron chi connectivity index (χ4n) is 1.45. The van der Waals surface area contributed by atoms with E-state index in [-0.39, 0.29) is 5.82 Å². The molecule has 0 atom stereocenters. The SMILES string of the molecule is COC=O.Fc1ccc2c(c1)CNCC2. The summed E-state index contributed by atoms with van der Waals surface area (Å²) in [5.41, 5.74) is 2.39. The third kappa shape index (κ3) is 3.67. The molecule has 0 bridgehead atoms. The number of carbonyl (C=O) groups excluding carboxylic acids is 1. The number of ether oxygens (including phenoxy) is 1. The Morgan fingerprint density at radius 1 is 1.47 bits per heavy atom. The number of rotatable bonds is 1. The van der Waals surface area contributed by atoms with Crippen molar-refractivity contribution in [2.24, 2.45) is 0 Å². The zero-order chi connectivity index (χ0) is 11.1. The molecule has 0 aliphatic carbocycles. The first-order valence-electron chi connectivity index (χ1n) is 4.72. The van der Waals surface area contributed by atoms with Crippen LogP contribution in [0.4, 0.5) is 4.39 Å². The Kier molecular flexibility index (Phi) is 4.77. The Labute approximate surface area is 88.2 Å². The minimum absolute atomic E-state index is 0.132. The first-order valence-corrected chi connectivity index (χ1v) is 4.72. The molecule has 0 spiro atoms. The number of halogens is 1. The summed E-state index contributed by atoms with van der Waals surface area (Å²) < 4.78 is 16.5. The van der Waals surface area contributed by atoms with Crippen LogP contribution in [0.3, 0.4) is 0 Å². The average molecular weight is 211 g/mol. The van der Waals surface area contributed by atoms with Gasteiger partial charge in [-0.15, -0.1) is 0 Å². The summed E-state index contributed by atoms with van der Waals surface area (Å²) in [7, 11) is 1.31. The lowest BCUT2D eigenvalue weighted by Gasteiger charge is -2.16. The largest absolute Gasteiger partial charge is 0.471 e. The molecule has 0 aromatic heterocycles. The molecule has 1 heterocycles. The van der Waals surface area contributed by atoms with E-state index in [1.807, 2.05) is 6.07 Å². The van der Waals surface area contributed by atoms with Crippen LogP contribution in [0.25, 0.3) is 0 Å². The zero-order valence-corrected chi connectivity index (χ0v) is 8.63. The quantitative estimate of drug-likeness (QED) is 0.711. The van der Waals surface area contributed by atoms with Gasteiger partial charge in [-0.2, -0.15) is 0 Å². The van der Waals surface area contributed by atoms with E-state index in [0.29, 0.717) is 6.47 Å². The number of fused-ring (bicyclic) bond motifs is 1. The van der Waals surface area contributed by atoms with E-state index < -0.39 is 0 Å². The van der Waals surface area contributed by atoms with Crippen molar-refractivity contribution in [1.82, 2.24) is 5.32 Å². The van der Waals surface area contributed by atoms with Gasteiger partial charge in [0.1, 0.15) is 5.82 Å². The number of nitrogens with one attached hydrogen (secondary N) is 1. The van der Waals surface area contributed by atoms with E-state index in [9.17, 15) is 4.39 Å². The van der Waals surface area contributed by atoms with E-state index in [1.165, 1.54) is 18.7 Å². The van der Waals surface area contributed by atoms with Gasteiger partial charge in [-0.1, -0.05) is 6.07 Å². The highest BCUT2D eigenvalue weighted by atomic mass is 19.1. The molecule has 1 aliphatic heterocycles. The molecule has 0 radical (unpaired) electrons. The van der Waals surface area contributed by atoms with Crippen LogP contribution in [-0.2, 0) is 22.5 Å². The Bertz CT molecular complexity index is 328. The van der Waals surface area contributed by atoms with Gasteiger partial charge in [-0.25, -0.2) is 4.39 Å². The van der Waals surface area contributed by atoms with Gasteiger partial charge in [0.2, 0.25) is 0 Å². The van der Waals surface area contributed by atoms with E-state index >= 15 is 0 Å². The number of benzene rings is 1. The third-order valence-corrected chi connectivity index (χ3v) is 2.15. The van der Waals surface area contributed by atoms with Crippen LogP contribution < -0.4 is 5.32 Å². The maximum Gasteiger partial charge on any atom is 0.292 e. The summed E-state index contributed by atoms with van der Waals surface area (Å²) >= 11 is 0.